The molecule has 5 aromatic rings. The molecule has 1 aromatic heterocycles. The van der Waals surface area contributed by atoms with E-state index < -0.39 is 0 Å². The number of carbonyl (C=O) groups excluding carboxylic acids is 1. The summed E-state index contributed by atoms with van der Waals surface area (Å²) in [6.45, 7) is 1.72. The molecule has 6 nitrogen and oxygen atoms in total. The van der Waals surface area contributed by atoms with Gasteiger partial charge >= 0.3 is 0 Å². The van der Waals surface area contributed by atoms with Crippen LogP contribution in [0, 0.1) is 11.2 Å². The molecule has 0 aliphatic rings. The number of benzene rings is 4. The van der Waals surface area contributed by atoms with E-state index in [9.17, 15) is 9.18 Å². The van der Waals surface area contributed by atoms with Crippen LogP contribution in [0.25, 0.3) is 11.0 Å². The second-order valence-corrected chi connectivity index (χ2v) is 9.79. The van der Waals surface area contributed by atoms with E-state index in [2.05, 4.69) is 29.6 Å². The number of fused-ring (bicyclic) bond motifs is 1. The molecule has 0 spiro atoms. The second kappa shape index (κ2) is 12.9. The minimum absolute atomic E-state index is 0.0283. The molecule has 0 aliphatic heterocycles. The average Bonchev–Trinajstić information content (AvgIpc) is 3.23. The van der Waals surface area contributed by atoms with Gasteiger partial charge in [0.25, 0.3) is 0 Å². The van der Waals surface area contributed by atoms with Crippen LogP contribution < -0.4 is 15.7 Å². The second-order valence-electron chi connectivity index (χ2n) is 9.79. The summed E-state index contributed by atoms with van der Waals surface area (Å²) >= 11 is 0. The fourth-order valence-electron chi connectivity index (χ4n) is 4.82. The number of hydrogen-bond donors (Lipinski definition) is 2. The van der Waals surface area contributed by atoms with Gasteiger partial charge in [-0.3, -0.25) is 10.2 Å². The van der Waals surface area contributed by atoms with Crippen molar-refractivity contribution in [2.75, 3.05) is 11.9 Å². The number of rotatable bonds is 12. The molecule has 0 unspecified atom stereocenters. The number of anilines is 1. The van der Waals surface area contributed by atoms with Gasteiger partial charge in [0.1, 0.15) is 11.6 Å². The zero-order chi connectivity index (χ0) is 27.7. The highest BCUT2D eigenvalue weighted by molar-refractivity contribution is 5.90. The fourth-order valence-corrected chi connectivity index (χ4v) is 4.82. The van der Waals surface area contributed by atoms with Crippen LogP contribution in [0.2, 0.25) is 0 Å². The molecule has 2 N–H and O–H groups in total. The summed E-state index contributed by atoms with van der Waals surface area (Å²) in [4.78, 5) is 12.2. The van der Waals surface area contributed by atoms with Gasteiger partial charge in [0.2, 0.25) is 11.5 Å². The SMILES string of the molecule is N=c1n(CCCOc2ccc(F)cc2)c2ccccc2n1Cc1ccc(CCCC(=O)Nc2ccccc2)cc1. The standard InChI is InChI=1S/C33H33FN4O2/c34-27-18-20-29(21-19-27)40-23-7-22-37-30-11-4-5-12-31(30)38(33(37)35)24-26-16-14-25(15-17-26)8-6-13-32(39)36-28-9-2-1-3-10-28/h1-5,9-12,14-21,35H,6-8,13,22-24H2,(H,36,39). The lowest BCUT2D eigenvalue weighted by Crippen LogP contribution is -2.25. The number of aromatic nitrogens is 2. The normalized spacial score (nSPS) is 11.0. The monoisotopic (exact) mass is 536 g/mol. The molecule has 0 aliphatic carbocycles. The van der Waals surface area contributed by atoms with Crippen LogP contribution in [-0.2, 0) is 24.3 Å². The van der Waals surface area contributed by atoms with Crippen molar-refractivity contribution in [3.05, 3.63) is 126 Å². The highest BCUT2D eigenvalue weighted by Gasteiger charge is 2.11. The zero-order valence-corrected chi connectivity index (χ0v) is 22.4. The van der Waals surface area contributed by atoms with Gasteiger partial charge in [0.15, 0.2) is 0 Å². The Labute approximate surface area is 233 Å². The van der Waals surface area contributed by atoms with Gasteiger partial charge in [-0.2, -0.15) is 0 Å². The van der Waals surface area contributed by atoms with E-state index in [1.807, 2.05) is 63.7 Å². The summed E-state index contributed by atoms with van der Waals surface area (Å²) in [5.41, 5.74) is 5.60. The molecule has 0 saturated heterocycles. The number of halogens is 1. The number of imidazole rings is 1. The lowest BCUT2D eigenvalue weighted by atomic mass is 10.1. The van der Waals surface area contributed by atoms with Gasteiger partial charge in [0, 0.05) is 18.7 Å². The van der Waals surface area contributed by atoms with Crippen LogP contribution in [0.15, 0.2) is 103 Å². The Bertz CT molecular complexity index is 1610. The minimum atomic E-state index is -0.284. The van der Waals surface area contributed by atoms with E-state index in [-0.39, 0.29) is 11.7 Å². The van der Waals surface area contributed by atoms with Crippen molar-refractivity contribution < 1.29 is 13.9 Å². The highest BCUT2D eigenvalue weighted by Crippen LogP contribution is 2.17. The topological polar surface area (TPSA) is 72.0 Å². The summed E-state index contributed by atoms with van der Waals surface area (Å²) in [5.74, 6) is 0.382. The van der Waals surface area contributed by atoms with Gasteiger partial charge in [0.05, 0.1) is 24.2 Å². The Hall–Kier alpha value is -4.65. The predicted octanol–water partition coefficient (Wildman–Crippen LogP) is 6.54. The van der Waals surface area contributed by atoms with Crippen molar-refractivity contribution in [1.29, 1.82) is 5.41 Å². The lowest BCUT2D eigenvalue weighted by molar-refractivity contribution is -0.116. The Morgan fingerprint density at radius 1 is 0.775 bits per heavy atom. The molecule has 1 amide bonds. The number of nitrogens with zero attached hydrogens (tertiary/aromatic N) is 2. The van der Waals surface area contributed by atoms with Crippen molar-refractivity contribution in [3.63, 3.8) is 0 Å². The first kappa shape index (κ1) is 26.9. The van der Waals surface area contributed by atoms with E-state index in [1.165, 1.54) is 17.7 Å². The summed E-state index contributed by atoms with van der Waals surface area (Å²) in [5, 5.41) is 11.8. The first-order valence-corrected chi connectivity index (χ1v) is 13.6. The van der Waals surface area contributed by atoms with Crippen LogP contribution >= 0.6 is 0 Å². The number of aryl methyl sites for hydroxylation is 2. The van der Waals surface area contributed by atoms with Gasteiger partial charge in [-0.25, -0.2) is 4.39 Å². The summed E-state index contributed by atoms with van der Waals surface area (Å²) in [7, 11) is 0. The molecule has 4 aromatic carbocycles. The molecule has 0 fully saturated rings. The van der Waals surface area contributed by atoms with E-state index >= 15 is 0 Å². The molecule has 5 rings (SSSR count). The maximum atomic E-state index is 13.1. The highest BCUT2D eigenvalue weighted by atomic mass is 19.1. The summed E-state index contributed by atoms with van der Waals surface area (Å²) in [6, 6.07) is 32.1. The first-order chi connectivity index (χ1) is 19.6. The number of nitrogens with one attached hydrogen (secondary N) is 2. The fraction of sp³-hybridized carbons (Fsp3) is 0.212. The van der Waals surface area contributed by atoms with Gasteiger partial charge in [-0.1, -0.05) is 54.6 Å². The molecule has 204 valence electrons. The van der Waals surface area contributed by atoms with Crippen LogP contribution in [0.4, 0.5) is 10.1 Å². The van der Waals surface area contributed by atoms with Crippen molar-refractivity contribution in [2.24, 2.45) is 0 Å². The molecule has 7 heteroatoms. The maximum absolute atomic E-state index is 13.1. The maximum Gasteiger partial charge on any atom is 0.224 e. The van der Waals surface area contributed by atoms with Gasteiger partial charge < -0.3 is 19.2 Å². The lowest BCUT2D eigenvalue weighted by Gasteiger charge is -2.08. The molecule has 1 heterocycles. The number of ether oxygens (including phenoxy) is 1. The summed E-state index contributed by atoms with van der Waals surface area (Å²) in [6.07, 6.45) is 2.81. The van der Waals surface area contributed by atoms with E-state index in [4.69, 9.17) is 10.1 Å². The van der Waals surface area contributed by atoms with Crippen molar-refractivity contribution in [1.82, 2.24) is 9.13 Å². The van der Waals surface area contributed by atoms with Crippen molar-refractivity contribution in [3.8, 4) is 5.75 Å². The molecule has 0 radical (unpaired) electrons. The van der Waals surface area contributed by atoms with Crippen LogP contribution in [-0.4, -0.2) is 21.6 Å². The third-order valence-electron chi connectivity index (χ3n) is 6.87. The molecule has 40 heavy (non-hydrogen) atoms. The Balaban J connectivity index is 1.17. The van der Waals surface area contributed by atoms with E-state index in [0.29, 0.717) is 37.5 Å². The van der Waals surface area contributed by atoms with E-state index in [1.54, 1.807) is 12.1 Å². The number of para-hydroxylation sites is 3. The molecular weight excluding hydrogens is 503 g/mol. The smallest absolute Gasteiger partial charge is 0.224 e. The van der Waals surface area contributed by atoms with Crippen LogP contribution in [0.1, 0.15) is 30.4 Å². The Morgan fingerprint density at radius 3 is 2.15 bits per heavy atom. The van der Waals surface area contributed by atoms with Crippen LogP contribution in [0.5, 0.6) is 5.75 Å². The third-order valence-corrected chi connectivity index (χ3v) is 6.87. The van der Waals surface area contributed by atoms with Gasteiger partial charge in [-0.05, 0) is 78.9 Å². The molecular formula is C33H33FN4O2. The number of amides is 1. The third kappa shape index (κ3) is 6.86. The molecule has 0 atom stereocenters. The first-order valence-electron chi connectivity index (χ1n) is 13.6. The van der Waals surface area contributed by atoms with Crippen molar-refractivity contribution >= 4 is 22.6 Å². The quantitative estimate of drug-likeness (QED) is 0.178. The summed E-state index contributed by atoms with van der Waals surface area (Å²) < 4.78 is 22.9. The molecule has 0 bridgehead atoms. The minimum Gasteiger partial charge on any atom is -0.494 e. The van der Waals surface area contributed by atoms with Gasteiger partial charge in [-0.15, -0.1) is 0 Å². The number of carbonyl (C=O) groups is 1. The van der Waals surface area contributed by atoms with E-state index in [0.717, 1.165) is 41.5 Å². The zero-order valence-electron chi connectivity index (χ0n) is 22.4. The predicted molar refractivity (Wildman–Crippen MR) is 156 cm³/mol. The Kier molecular flexibility index (Phi) is 8.71. The Morgan fingerprint density at radius 2 is 1.43 bits per heavy atom. The molecule has 0 saturated carbocycles. The van der Waals surface area contributed by atoms with Crippen LogP contribution in [0.3, 0.4) is 0 Å². The van der Waals surface area contributed by atoms with Crippen molar-refractivity contribution in [2.45, 2.75) is 38.8 Å². The largest absolute Gasteiger partial charge is 0.494 e. The average molecular weight is 537 g/mol. The number of hydrogen-bond acceptors (Lipinski definition) is 3.